The van der Waals surface area contributed by atoms with Crippen molar-refractivity contribution in [2.75, 3.05) is 26.2 Å². The molecule has 1 heterocycles. The number of nitrogens with one attached hydrogen (secondary N) is 1. The van der Waals surface area contributed by atoms with E-state index in [1.165, 1.54) is 44.9 Å². The monoisotopic (exact) mass is 402 g/mol. The first kappa shape index (κ1) is 23.7. The normalized spacial score (nSPS) is 11.7. The molecule has 29 heavy (non-hydrogen) atoms. The Labute approximate surface area is 177 Å². The van der Waals surface area contributed by atoms with Crippen molar-refractivity contribution in [2.24, 2.45) is 0 Å². The van der Waals surface area contributed by atoms with E-state index in [1.807, 2.05) is 10.6 Å². The van der Waals surface area contributed by atoms with Gasteiger partial charge in [0.2, 0.25) is 5.62 Å². The lowest BCUT2D eigenvalue weighted by Crippen LogP contribution is -2.32. The number of fused-ring (bicyclic) bond motifs is 1. The van der Waals surface area contributed by atoms with E-state index in [9.17, 15) is 0 Å². The third-order valence-electron chi connectivity index (χ3n) is 5.87. The number of imidazole rings is 1. The molecule has 0 aliphatic rings. The summed E-state index contributed by atoms with van der Waals surface area (Å²) in [5, 5.41) is 8.69. The summed E-state index contributed by atoms with van der Waals surface area (Å²) in [6, 6.07) is 8.32. The van der Waals surface area contributed by atoms with Gasteiger partial charge < -0.3 is 14.2 Å². The van der Waals surface area contributed by atoms with Crippen molar-refractivity contribution in [3.63, 3.8) is 0 Å². The first-order chi connectivity index (χ1) is 14.2. The lowest BCUT2D eigenvalue weighted by molar-refractivity contribution is 0.0728. The molecule has 1 N–H and O–H groups in total. The predicted octanol–water partition coefficient (Wildman–Crippen LogP) is 5.38. The van der Waals surface area contributed by atoms with E-state index in [0.29, 0.717) is 12.3 Å². The Hall–Kier alpha value is -1.59. The van der Waals surface area contributed by atoms with Gasteiger partial charge in [0.25, 0.3) is 0 Å². The molecule has 0 bridgehead atoms. The maximum absolute atomic E-state index is 8.69. The number of nitrogens with zero attached hydrogens (tertiary/aromatic N) is 3. The number of para-hydroxylation sites is 2. The highest BCUT2D eigenvalue weighted by atomic mass is 16.5. The minimum absolute atomic E-state index is 0.466. The van der Waals surface area contributed by atoms with Gasteiger partial charge in [-0.25, -0.2) is 0 Å². The van der Waals surface area contributed by atoms with Gasteiger partial charge >= 0.3 is 0 Å². The SMILES string of the molecule is CCCCCCCCCCOCn1c(=N)n(CCN(CC)CC)c2ccccc21. The van der Waals surface area contributed by atoms with Gasteiger partial charge in [-0.15, -0.1) is 0 Å². The molecule has 0 amide bonds. The third-order valence-corrected chi connectivity index (χ3v) is 5.87. The van der Waals surface area contributed by atoms with Crippen molar-refractivity contribution < 1.29 is 4.74 Å². The molecule has 0 spiro atoms. The number of benzene rings is 1. The summed E-state index contributed by atoms with van der Waals surface area (Å²) in [7, 11) is 0. The molecule has 0 radical (unpaired) electrons. The molecule has 164 valence electrons. The predicted molar refractivity (Wildman–Crippen MR) is 122 cm³/mol. The summed E-state index contributed by atoms with van der Waals surface area (Å²) in [4.78, 5) is 2.40. The Bertz CT molecular complexity index is 745. The largest absolute Gasteiger partial charge is 0.361 e. The number of hydrogen-bond donors (Lipinski definition) is 1. The summed E-state index contributed by atoms with van der Waals surface area (Å²) in [5.41, 5.74) is 2.75. The van der Waals surface area contributed by atoms with Crippen LogP contribution >= 0.6 is 0 Å². The van der Waals surface area contributed by atoms with Crippen molar-refractivity contribution in [3.05, 3.63) is 29.9 Å². The van der Waals surface area contributed by atoms with Gasteiger partial charge in [0.15, 0.2) is 0 Å². The molecular formula is C24H42N4O. The average molecular weight is 403 g/mol. The Kier molecular flexibility index (Phi) is 11.1. The van der Waals surface area contributed by atoms with Crippen LogP contribution in [-0.2, 0) is 18.0 Å². The Morgan fingerprint density at radius 3 is 2.03 bits per heavy atom. The van der Waals surface area contributed by atoms with E-state index in [1.54, 1.807) is 0 Å². The van der Waals surface area contributed by atoms with Crippen LogP contribution in [0.15, 0.2) is 24.3 Å². The highest BCUT2D eigenvalue weighted by molar-refractivity contribution is 5.75. The molecule has 2 rings (SSSR count). The van der Waals surface area contributed by atoms with Crippen LogP contribution in [0.5, 0.6) is 0 Å². The van der Waals surface area contributed by atoms with Crippen LogP contribution < -0.4 is 5.62 Å². The fourth-order valence-corrected chi connectivity index (χ4v) is 3.93. The molecule has 5 heteroatoms. The zero-order valence-electron chi connectivity index (χ0n) is 19.0. The highest BCUT2D eigenvalue weighted by Crippen LogP contribution is 2.13. The van der Waals surface area contributed by atoms with Crippen molar-refractivity contribution in [1.82, 2.24) is 14.0 Å². The quantitative estimate of drug-likeness (QED) is 0.383. The standard InChI is InChI=1S/C24H42N4O/c1-4-7-8-9-10-11-12-15-20-29-21-28-23-17-14-13-16-22(23)27(24(28)25)19-18-26(5-2)6-3/h13-14,16-17,25H,4-12,15,18-21H2,1-3H3. The zero-order chi connectivity index (χ0) is 20.9. The number of ether oxygens (including phenoxy) is 1. The van der Waals surface area contributed by atoms with Crippen LogP contribution in [0.2, 0.25) is 0 Å². The highest BCUT2D eigenvalue weighted by Gasteiger charge is 2.11. The van der Waals surface area contributed by atoms with Crippen LogP contribution in [0.3, 0.4) is 0 Å². The summed E-state index contributed by atoms with van der Waals surface area (Å²) < 4.78 is 10.1. The Morgan fingerprint density at radius 2 is 1.41 bits per heavy atom. The van der Waals surface area contributed by atoms with Gasteiger partial charge in [0, 0.05) is 19.7 Å². The van der Waals surface area contributed by atoms with Crippen LogP contribution in [0.25, 0.3) is 11.0 Å². The first-order valence-electron chi connectivity index (χ1n) is 11.8. The molecule has 0 aliphatic heterocycles. The van der Waals surface area contributed by atoms with E-state index in [2.05, 4.69) is 48.4 Å². The molecular weight excluding hydrogens is 360 g/mol. The summed E-state index contributed by atoms with van der Waals surface area (Å²) in [5.74, 6) is 0. The van der Waals surface area contributed by atoms with Crippen LogP contribution in [0.1, 0.15) is 72.1 Å². The molecule has 0 aliphatic carbocycles. The molecule has 1 aromatic heterocycles. The van der Waals surface area contributed by atoms with Crippen LogP contribution in [-0.4, -0.2) is 40.3 Å². The first-order valence-corrected chi connectivity index (χ1v) is 11.8. The Balaban J connectivity index is 1.84. The molecule has 5 nitrogen and oxygen atoms in total. The molecule has 0 unspecified atom stereocenters. The number of likely N-dealkylation sites (N-methyl/N-ethyl adjacent to an activating group) is 1. The van der Waals surface area contributed by atoms with E-state index >= 15 is 0 Å². The fraction of sp³-hybridized carbons (Fsp3) is 0.708. The average Bonchev–Trinajstić information content (AvgIpc) is 3.01. The van der Waals surface area contributed by atoms with Gasteiger partial charge in [0.1, 0.15) is 6.73 Å². The van der Waals surface area contributed by atoms with Gasteiger partial charge in [-0.3, -0.25) is 9.98 Å². The molecule has 0 atom stereocenters. The van der Waals surface area contributed by atoms with Gasteiger partial charge in [-0.2, -0.15) is 0 Å². The number of rotatable bonds is 16. The topological polar surface area (TPSA) is 46.2 Å². The van der Waals surface area contributed by atoms with Crippen molar-refractivity contribution >= 4 is 11.0 Å². The lowest BCUT2D eigenvalue weighted by Gasteiger charge is -2.18. The number of hydrogen-bond acceptors (Lipinski definition) is 3. The number of unbranched alkanes of at least 4 members (excludes halogenated alkanes) is 7. The van der Waals surface area contributed by atoms with Gasteiger partial charge in [0.05, 0.1) is 11.0 Å². The maximum atomic E-state index is 8.69. The zero-order valence-corrected chi connectivity index (χ0v) is 19.0. The van der Waals surface area contributed by atoms with E-state index in [-0.39, 0.29) is 0 Å². The molecule has 0 saturated heterocycles. The molecule has 0 saturated carbocycles. The Morgan fingerprint density at radius 1 is 0.828 bits per heavy atom. The molecule has 2 aromatic rings. The summed E-state index contributed by atoms with van der Waals surface area (Å²) in [6.45, 7) is 11.8. The van der Waals surface area contributed by atoms with Crippen molar-refractivity contribution in [3.8, 4) is 0 Å². The second kappa shape index (κ2) is 13.6. The fourth-order valence-electron chi connectivity index (χ4n) is 3.93. The van der Waals surface area contributed by atoms with E-state index < -0.39 is 0 Å². The van der Waals surface area contributed by atoms with Crippen molar-refractivity contribution in [1.29, 1.82) is 5.41 Å². The second-order valence-corrected chi connectivity index (χ2v) is 7.93. The van der Waals surface area contributed by atoms with Crippen molar-refractivity contribution in [2.45, 2.75) is 85.4 Å². The van der Waals surface area contributed by atoms with E-state index in [4.69, 9.17) is 10.1 Å². The minimum atomic E-state index is 0.466. The lowest BCUT2D eigenvalue weighted by atomic mass is 10.1. The minimum Gasteiger partial charge on any atom is -0.361 e. The van der Waals surface area contributed by atoms with E-state index in [0.717, 1.165) is 50.2 Å². The molecule has 1 aromatic carbocycles. The summed E-state index contributed by atoms with van der Waals surface area (Å²) in [6.07, 6.45) is 10.5. The number of aromatic nitrogens is 2. The van der Waals surface area contributed by atoms with Gasteiger partial charge in [-0.1, -0.05) is 77.8 Å². The third kappa shape index (κ3) is 7.31. The second-order valence-electron chi connectivity index (χ2n) is 7.93. The van der Waals surface area contributed by atoms with Crippen LogP contribution in [0.4, 0.5) is 0 Å². The smallest absolute Gasteiger partial charge is 0.204 e. The molecule has 0 fully saturated rings. The van der Waals surface area contributed by atoms with Gasteiger partial charge in [-0.05, 0) is 31.6 Å². The maximum Gasteiger partial charge on any atom is 0.204 e. The summed E-state index contributed by atoms with van der Waals surface area (Å²) >= 11 is 0. The van der Waals surface area contributed by atoms with Crippen LogP contribution in [0, 0.1) is 5.41 Å².